The van der Waals surface area contributed by atoms with E-state index >= 15 is 0 Å². The first kappa shape index (κ1) is 18.9. The van der Waals surface area contributed by atoms with Crippen molar-refractivity contribution in [3.63, 3.8) is 0 Å². The van der Waals surface area contributed by atoms with Crippen LogP contribution in [0.1, 0.15) is 73.6 Å². The molecule has 4 nitrogen and oxygen atoms in total. The first-order valence-electron chi connectivity index (χ1n) is 7.47. The number of unbranched alkanes of at least 4 members (excludes halogenated alkanes) is 2. The third-order valence-corrected chi connectivity index (χ3v) is 3.11. The van der Waals surface area contributed by atoms with Crippen molar-refractivity contribution < 1.29 is 19.1 Å². The topological polar surface area (TPSA) is 52.6 Å². The van der Waals surface area contributed by atoms with Crippen LogP contribution in [0, 0.1) is 5.41 Å². The molecule has 0 aliphatic rings. The van der Waals surface area contributed by atoms with Crippen LogP contribution in [0.2, 0.25) is 0 Å². The largest absolute Gasteiger partial charge is 0.465 e. The lowest BCUT2D eigenvalue weighted by atomic mass is 9.91. The first-order valence-corrected chi connectivity index (χ1v) is 7.47. The van der Waals surface area contributed by atoms with E-state index in [0.29, 0.717) is 13.0 Å². The van der Waals surface area contributed by atoms with Crippen LogP contribution in [0.4, 0.5) is 0 Å². The summed E-state index contributed by atoms with van der Waals surface area (Å²) in [5, 5.41) is 0. The Kier molecular flexibility index (Phi) is 7.84. The van der Waals surface area contributed by atoms with Gasteiger partial charge in [-0.05, 0) is 60.3 Å². The molecule has 0 atom stereocenters. The maximum Gasteiger partial charge on any atom is 0.311 e. The zero-order valence-corrected chi connectivity index (χ0v) is 13.9. The monoisotopic (exact) mass is 286 g/mol. The third kappa shape index (κ3) is 8.94. The fourth-order valence-electron chi connectivity index (χ4n) is 1.45. The standard InChI is InChI=1S/C16H30O4/c1-7-16(5,6)14(18)19-12-10-8-9-11-13(17)20-15(2,3)4/h7-12H2,1-6H3. The van der Waals surface area contributed by atoms with Gasteiger partial charge in [-0.2, -0.15) is 0 Å². The molecule has 0 aliphatic heterocycles. The molecule has 0 radical (unpaired) electrons. The van der Waals surface area contributed by atoms with Gasteiger partial charge in [0, 0.05) is 6.42 Å². The Morgan fingerprint density at radius 3 is 2.05 bits per heavy atom. The summed E-state index contributed by atoms with van der Waals surface area (Å²) in [6.07, 6.45) is 3.60. The van der Waals surface area contributed by atoms with Crippen molar-refractivity contribution in [2.45, 2.75) is 79.2 Å². The molecule has 0 bridgehead atoms. The van der Waals surface area contributed by atoms with Crippen LogP contribution in [0.25, 0.3) is 0 Å². The molecule has 0 spiro atoms. The summed E-state index contributed by atoms with van der Waals surface area (Å²) in [6.45, 7) is 11.8. The lowest BCUT2D eigenvalue weighted by Crippen LogP contribution is -2.26. The highest BCUT2D eigenvalue weighted by molar-refractivity contribution is 5.75. The van der Waals surface area contributed by atoms with Crippen molar-refractivity contribution in [1.82, 2.24) is 0 Å². The molecule has 0 aromatic heterocycles. The van der Waals surface area contributed by atoms with Gasteiger partial charge in [-0.25, -0.2) is 0 Å². The summed E-state index contributed by atoms with van der Waals surface area (Å²) in [7, 11) is 0. The van der Waals surface area contributed by atoms with Crippen LogP contribution in [-0.2, 0) is 19.1 Å². The fraction of sp³-hybridized carbons (Fsp3) is 0.875. The zero-order valence-electron chi connectivity index (χ0n) is 13.9. The summed E-state index contributed by atoms with van der Waals surface area (Å²) >= 11 is 0. The zero-order chi connectivity index (χ0) is 15.8. The number of hydrogen-bond acceptors (Lipinski definition) is 4. The summed E-state index contributed by atoms with van der Waals surface area (Å²) in [6, 6.07) is 0. The highest BCUT2D eigenvalue weighted by Crippen LogP contribution is 2.21. The fourth-order valence-corrected chi connectivity index (χ4v) is 1.45. The van der Waals surface area contributed by atoms with Crippen molar-refractivity contribution in [2.24, 2.45) is 5.41 Å². The van der Waals surface area contributed by atoms with E-state index in [1.54, 1.807) is 0 Å². The number of esters is 2. The van der Waals surface area contributed by atoms with Crippen molar-refractivity contribution in [1.29, 1.82) is 0 Å². The maximum absolute atomic E-state index is 11.7. The second-order valence-corrected chi connectivity index (χ2v) is 6.77. The van der Waals surface area contributed by atoms with Crippen molar-refractivity contribution in [2.75, 3.05) is 6.61 Å². The second-order valence-electron chi connectivity index (χ2n) is 6.77. The van der Waals surface area contributed by atoms with Gasteiger partial charge in [0.05, 0.1) is 12.0 Å². The van der Waals surface area contributed by atoms with Crippen LogP contribution < -0.4 is 0 Å². The number of carbonyl (C=O) groups excluding carboxylic acids is 2. The number of carbonyl (C=O) groups is 2. The molecule has 0 N–H and O–H groups in total. The summed E-state index contributed by atoms with van der Waals surface area (Å²) < 4.78 is 10.4. The average molecular weight is 286 g/mol. The molecule has 0 rings (SSSR count). The van der Waals surface area contributed by atoms with Gasteiger partial charge in [0.25, 0.3) is 0 Å². The summed E-state index contributed by atoms with van der Waals surface area (Å²) in [5.41, 5.74) is -0.825. The minimum Gasteiger partial charge on any atom is -0.465 e. The first-order chi connectivity index (χ1) is 9.08. The van der Waals surface area contributed by atoms with Crippen molar-refractivity contribution >= 4 is 11.9 Å². The highest BCUT2D eigenvalue weighted by atomic mass is 16.6. The quantitative estimate of drug-likeness (QED) is 0.502. The van der Waals surface area contributed by atoms with E-state index < -0.39 is 11.0 Å². The Bertz CT molecular complexity index is 313. The van der Waals surface area contributed by atoms with Gasteiger partial charge in [-0.1, -0.05) is 6.92 Å². The molecule has 0 fully saturated rings. The van der Waals surface area contributed by atoms with Gasteiger partial charge in [0.15, 0.2) is 0 Å². The summed E-state index contributed by atoms with van der Waals surface area (Å²) in [4.78, 5) is 23.2. The lowest BCUT2D eigenvalue weighted by Gasteiger charge is -2.20. The van der Waals surface area contributed by atoms with E-state index in [2.05, 4.69) is 0 Å². The Labute approximate surface area is 123 Å². The van der Waals surface area contributed by atoms with Crippen LogP contribution in [0.3, 0.4) is 0 Å². The van der Waals surface area contributed by atoms with E-state index in [-0.39, 0.29) is 11.9 Å². The molecular weight excluding hydrogens is 256 g/mol. The van der Waals surface area contributed by atoms with Crippen molar-refractivity contribution in [3.8, 4) is 0 Å². The summed E-state index contributed by atoms with van der Waals surface area (Å²) in [5.74, 6) is -0.311. The average Bonchev–Trinajstić information content (AvgIpc) is 2.30. The van der Waals surface area contributed by atoms with E-state index in [1.807, 2.05) is 41.5 Å². The Morgan fingerprint density at radius 1 is 0.950 bits per heavy atom. The lowest BCUT2D eigenvalue weighted by molar-refractivity contribution is -0.156. The molecule has 0 amide bonds. The Hall–Kier alpha value is -1.06. The van der Waals surface area contributed by atoms with E-state index in [4.69, 9.17) is 9.47 Å². The number of hydrogen-bond donors (Lipinski definition) is 0. The predicted octanol–water partition coefficient (Wildman–Crippen LogP) is 3.87. The van der Waals surface area contributed by atoms with Crippen LogP contribution in [0.15, 0.2) is 0 Å². The smallest absolute Gasteiger partial charge is 0.311 e. The molecule has 0 heterocycles. The van der Waals surface area contributed by atoms with Crippen LogP contribution >= 0.6 is 0 Å². The minimum absolute atomic E-state index is 0.146. The number of rotatable bonds is 8. The van der Waals surface area contributed by atoms with E-state index in [0.717, 1.165) is 25.7 Å². The van der Waals surface area contributed by atoms with Crippen LogP contribution in [-0.4, -0.2) is 24.1 Å². The van der Waals surface area contributed by atoms with Crippen molar-refractivity contribution in [3.05, 3.63) is 0 Å². The third-order valence-electron chi connectivity index (χ3n) is 3.11. The highest BCUT2D eigenvalue weighted by Gasteiger charge is 2.26. The van der Waals surface area contributed by atoms with E-state index in [1.165, 1.54) is 0 Å². The van der Waals surface area contributed by atoms with Gasteiger partial charge in [-0.15, -0.1) is 0 Å². The molecule has 0 aromatic carbocycles. The molecule has 20 heavy (non-hydrogen) atoms. The molecular formula is C16H30O4. The molecule has 0 aliphatic carbocycles. The van der Waals surface area contributed by atoms with Gasteiger partial charge in [0.2, 0.25) is 0 Å². The SMILES string of the molecule is CCC(C)(C)C(=O)OCCCCCC(=O)OC(C)(C)C. The normalized spacial score (nSPS) is 12.1. The van der Waals surface area contributed by atoms with Crippen LogP contribution in [0.5, 0.6) is 0 Å². The molecule has 0 saturated heterocycles. The maximum atomic E-state index is 11.7. The van der Waals surface area contributed by atoms with Gasteiger partial charge in [0.1, 0.15) is 5.60 Å². The Morgan fingerprint density at radius 2 is 1.55 bits per heavy atom. The minimum atomic E-state index is -0.418. The second kappa shape index (κ2) is 8.28. The molecule has 0 unspecified atom stereocenters. The number of ether oxygens (including phenoxy) is 2. The molecule has 0 aromatic rings. The molecule has 118 valence electrons. The van der Waals surface area contributed by atoms with Gasteiger partial charge >= 0.3 is 11.9 Å². The van der Waals surface area contributed by atoms with Gasteiger partial charge < -0.3 is 9.47 Å². The van der Waals surface area contributed by atoms with Gasteiger partial charge in [-0.3, -0.25) is 9.59 Å². The Balaban J connectivity index is 3.64. The predicted molar refractivity (Wildman–Crippen MR) is 79.3 cm³/mol. The van der Waals surface area contributed by atoms with E-state index in [9.17, 15) is 9.59 Å². The molecule has 4 heteroatoms. The molecule has 0 saturated carbocycles.